The average molecular weight is 720 g/mol. The van der Waals surface area contributed by atoms with Crippen molar-refractivity contribution in [3.05, 3.63) is 120 Å². The van der Waals surface area contributed by atoms with Gasteiger partial charge in [-0.15, -0.1) is 0 Å². The van der Waals surface area contributed by atoms with Crippen LogP contribution in [0.1, 0.15) is 48.2 Å². The molecule has 0 spiro atoms. The van der Waals surface area contributed by atoms with Crippen molar-refractivity contribution < 1.29 is 24.5 Å². The van der Waals surface area contributed by atoms with Gasteiger partial charge in [0.15, 0.2) is 22.8 Å². The fraction of sp³-hybridized carbons (Fsp3) is 0.359. The minimum atomic E-state index is -2.04. The van der Waals surface area contributed by atoms with Crippen LogP contribution in [0.2, 0.25) is 0 Å². The second-order valence-corrected chi connectivity index (χ2v) is 13.4. The van der Waals surface area contributed by atoms with Gasteiger partial charge in [0.1, 0.15) is 18.5 Å². The van der Waals surface area contributed by atoms with Gasteiger partial charge < -0.3 is 30.9 Å². The Balaban J connectivity index is 1.19. The summed E-state index contributed by atoms with van der Waals surface area (Å²) in [6.45, 7) is 2.84. The molecule has 0 bridgehead atoms. The quantitative estimate of drug-likeness (QED) is 0.106. The van der Waals surface area contributed by atoms with Gasteiger partial charge in [0.05, 0.1) is 13.2 Å². The minimum absolute atomic E-state index is 0.0557. The van der Waals surface area contributed by atoms with Crippen LogP contribution in [-0.4, -0.2) is 91.2 Å². The topological polar surface area (TPSA) is 179 Å². The number of imidazole rings is 1. The number of urea groups is 1. The Morgan fingerprint density at radius 1 is 0.943 bits per heavy atom. The summed E-state index contributed by atoms with van der Waals surface area (Å²) in [6.07, 6.45) is 1.18. The maximum atomic E-state index is 13.6. The van der Waals surface area contributed by atoms with E-state index in [1.165, 1.54) is 16.5 Å². The molecule has 276 valence electrons. The Bertz CT molecular complexity index is 1960. The molecule has 0 saturated carbocycles. The van der Waals surface area contributed by atoms with Crippen molar-refractivity contribution in [3.8, 4) is 0 Å². The number of ether oxygens (including phenoxy) is 1. The molecule has 7 rings (SSSR count). The molecular formula is C39H45N9O5. The predicted molar refractivity (Wildman–Crippen MR) is 198 cm³/mol. The number of aliphatic hydroxyl groups excluding tert-OH is 2. The average Bonchev–Trinajstić information content (AvgIpc) is 3.90. The number of carbonyl (C=O) groups is 2. The Hall–Kier alpha value is -5.41. The van der Waals surface area contributed by atoms with Gasteiger partial charge in [-0.25, -0.2) is 24.8 Å². The van der Waals surface area contributed by atoms with Gasteiger partial charge in [-0.3, -0.25) is 14.8 Å². The molecule has 14 nitrogen and oxygen atoms in total. The zero-order chi connectivity index (χ0) is 36.8. The third-order valence-corrected chi connectivity index (χ3v) is 9.92. The first-order valence-corrected chi connectivity index (χ1v) is 18.1. The van der Waals surface area contributed by atoms with Gasteiger partial charge in [-0.05, 0) is 42.9 Å². The highest BCUT2D eigenvalue weighted by Crippen LogP contribution is 2.36. The van der Waals surface area contributed by atoms with Crippen LogP contribution in [0.3, 0.4) is 0 Å². The first kappa shape index (κ1) is 36.0. The number of aliphatic hydroxyl groups is 2. The molecule has 3 unspecified atom stereocenters. The van der Waals surface area contributed by atoms with E-state index in [9.17, 15) is 19.8 Å². The molecule has 0 aliphatic carbocycles. The van der Waals surface area contributed by atoms with Crippen LogP contribution in [-0.2, 0) is 28.2 Å². The molecular weight excluding hydrogens is 674 g/mol. The number of hydrogen-bond acceptors (Lipinski definition) is 10. The Labute approximate surface area is 307 Å². The largest absolute Gasteiger partial charge is 0.388 e. The summed E-state index contributed by atoms with van der Waals surface area (Å²) in [5.41, 5.74) is 4.86. The van der Waals surface area contributed by atoms with Crippen LogP contribution in [0.15, 0.2) is 97.3 Å². The van der Waals surface area contributed by atoms with Gasteiger partial charge in [-0.1, -0.05) is 91.0 Å². The molecule has 2 aliphatic rings. The monoisotopic (exact) mass is 719 g/mol. The highest BCUT2D eigenvalue weighted by atomic mass is 16.6. The molecule has 4 atom stereocenters. The van der Waals surface area contributed by atoms with E-state index >= 15 is 0 Å². The number of fused-ring (bicyclic) bond motifs is 1. The van der Waals surface area contributed by atoms with E-state index < -0.39 is 29.9 Å². The molecule has 53 heavy (non-hydrogen) atoms. The number of anilines is 1. The van der Waals surface area contributed by atoms with Crippen molar-refractivity contribution in [1.82, 2.24) is 40.6 Å². The fourth-order valence-electron chi connectivity index (χ4n) is 7.26. The van der Waals surface area contributed by atoms with E-state index in [0.29, 0.717) is 17.9 Å². The molecule has 0 radical (unpaired) electrons. The SMILES string of the molecule is CCNC(=O)C1(n2cnc3c(NCC(c4ccccc4)c4ccccc4)nc(CNC(=O)NN4CCC[C@@H]4Cc4ccccc4)nc32)OCC(O)C1O. The molecule has 6 N–H and O–H groups in total. The van der Waals surface area contributed by atoms with Crippen LogP contribution >= 0.6 is 0 Å². The third-order valence-electron chi connectivity index (χ3n) is 9.92. The van der Waals surface area contributed by atoms with Gasteiger partial charge >= 0.3 is 6.03 Å². The van der Waals surface area contributed by atoms with Crippen molar-refractivity contribution >= 4 is 28.9 Å². The van der Waals surface area contributed by atoms with Crippen LogP contribution < -0.4 is 21.4 Å². The van der Waals surface area contributed by atoms with E-state index in [1.807, 2.05) is 59.6 Å². The van der Waals surface area contributed by atoms with Crippen LogP contribution in [0.25, 0.3) is 11.2 Å². The summed E-state index contributed by atoms with van der Waals surface area (Å²) >= 11 is 0. The highest BCUT2D eigenvalue weighted by molar-refractivity contribution is 5.89. The third kappa shape index (κ3) is 7.57. The number of hydrazine groups is 1. The van der Waals surface area contributed by atoms with Gasteiger partial charge in [0.2, 0.25) is 0 Å². The van der Waals surface area contributed by atoms with Crippen molar-refractivity contribution in [2.75, 3.05) is 31.6 Å². The number of carbonyl (C=O) groups excluding carboxylic acids is 2. The van der Waals surface area contributed by atoms with Crippen LogP contribution in [0.4, 0.5) is 10.6 Å². The summed E-state index contributed by atoms with van der Waals surface area (Å²) in [5, 5.41) is 32.8. The normalized spacial score (nSPS) is 21.5. The first-order valence-electron chi connectivity index (χ1n) is 18.1. The lowest BCUT2D eigenvalue weighted by atomic mass is 9.91. The molecule has 4 heterocycles. The number of hydrogen-bond donors (Lipinski definition) is 6. The Morgan fingerprint density at radius 2 is 1.62 bits per heavy atom. The Morgan fingerprint density at radius 3 is 2.26 bits per heavy atom. The zero-order valence-corrected chi connectivity index (χ0v) is 29.6. The smallest absolute Gasteiger partial charge is 0.329 e. The van der Waals surface area contributed by atoms with Crippen molar-refractivity contribution in [1.29, 1.82) is 0 Å². The number of nitrogens with one attached hydrogen (secondary N) is 4. The van der Waals surface area contributed by atoms with E-state index in [1.54, 1.807) is 6.92 Å². The van der Waals surface area contributed by atoms with E-state index in [0.717, 1.165) is 36.9 Å². The zero-order valence-electron chi connectivity index (χ0n) is 29.6. The van der Waals surface area contributed by atoms with Gasteiger partial charge in [0, 0.05) is 31.6 Å². The molecule has 2 fully saturated rings. The Kier molecular flexibility index (Phi) is 10.9. The first-order chi connectivity index (χ1) is 25.9. The molecule has 2 aliphatic heterocycles. The van der Waals surface area contributed by atoms with Crippen molar-refractivity contribution in [2.24, 2.45) is 0 Å². The number of aromatic nitrogens is 4. The number of likely N-dealkylation sites (N-methyl/N-ethyl adjacent to an activating group) is 1. The van der Waals surface area contributed by atoms with Crippen LogP contribution in [0.5, 0.6) is 0 Å². The predicted octanol–water partition coefficient (Wildman–Crippen LogP) is 3.03. The van der Waals surface area contributed by atoms with Gasteiger partial charge in [-0.2, -0.15) is 0 Å². The summed E-state index contributed by atoms with van der Waals surface area (Å²) in [4.78, 5) is 41.0. The molecule has 14 heteroatoms. The summed E-state index contributed by atoms with van der Waals surface area (Å²) < 4.78 is 7.24. The van der Waals surface area contributed by atoms with Crippen LogP contribution in [0, 0.1) is 0 Å². The summed E-state index contributed by atoms with van der Waals surface area (Å²) in [6, 6.07) is 30.2. The molecule has 3 aromatic carbocycles. The second-order valence-electron chi connectivity index (χ2n) is 13.4. The molecule has 5 aromatic rings. The van der Waals surface area contributed by atoms with E-state index in [-0.39, 0.29) is 43.1 Å². The number of nitrogens with zero attached hydrogens (tertiary/aromatic N) is 5. The molecule has 3 amide bonds. The van der Waals surface area contributed by atoms with Gasteiger partial charge in [0.25, 0.3) is 11.6 Å². The highest BCUT2D eigenvalue weighted by Gasteiger charge is 2.57. The van der Waals surface area contributed by atoms with E-state index in [2.05, 4.69) is 62.8 Å². The van der Waals surface area contributed by atoms with E-state index in [4.69, 9.17) is 14.7 Å². The maximum Gasteiger partial charge on any atom is 0.329 e. The van der Waals surface area contributed by atoms with Crippen molar-refractivity contribution in [3.63, 3.8) is 0 Å². The fourth-order valence-corrected chi connectivity index (χ4v) is 7.26. The lowest BCUT2D eigenvalue weighted by molar-refractivity contribution is -0.168. The number of benzene rings is 3. The second kappa shape index (κ2) is 16.1. The number of rotatable bonds is 13. The standard InChI is InChI=1S/C39H45N9O5/c1-2-40-37(51)39(34(50)31(49)24-53-39)47-25-43-33-35(41-22-30(27-15-8-4-9-16-27)28-17-10-5-11-18-28)44-32(45-36(33)47)23-42-38(52)46-48-20-12-19-29(48)21-26-13-6-3-7-14-26/h3-11,13-18,25,29-31,34,49-50H,2,12,19-24H2,1H3,(H,40,51)(H,41,44,45)(H2,42,46,52)/t29-,31?,34?,39?/m1/s1. The summed E-state index contributed by atoms with van der Waals surface area (Å²) in [5.74, 6) is -0.115. The maximum absolute atomic E-state index is 13.6. The molecule has 2 aromatic heterocycles. The summed E-state index contributed by atoms with van der Waals surface area (Å²) in [7, 11) is 0. The molecule has 2 saturated heterocycles. The minimum Gasteiger partial charge on any atom is -0.388 e. The van der Waals surface area contributed by atoms with Crippen molar-refractivity contribution in [2.45, 2.75) is 62.6 Å². The number of amides is 3. The lowest BCUT2D eigenvalue weighted by Crippen LogP contribution is -2.56. The lowest BCUT2D eigenvalue weighted by Gasteiger charge is -2.31.